The molecule has 0 radical (unpaired) electrons. The summed E-state index contributed by atoms with van der Waals surface area (Å²) in [6.45, 7) is 0. The van der Waals surface area contributed by atoms with Crippen LogP contribution in [0.2, 0.25) is 0 Å². The second-order valence-electron chi connectivity index (χ2n) is 2.82. The van der Waals surface area contributed by atoms with E-state index in [1.54, 1.807) is 12.1 Å². The molecule has 76 valence electrons. The van der Waals surface area contributed by atoms with Crippen molar-refractivity contribution in [3.63, 3.8) is 0 Å². The highest BCUT2D eigenvalue weighted by molar-refractivity contribution is 5.79. The summed E-state index contributed by atoms with van der Waals surface area (Å²) in [5.41, 5.74) is 12.3. The van der Waals surface area contributed by atoms with Crippen LogP contribution >= 0.6 is 0 Å². The molecule has 0 saturated heterocycles. The minimum atomic E-state index is -0.975. The fourth-order valence-corrected chi connectivity index (χ4v) is 1.19. The molecule has 0 saturated carbocycles. The molecule has 0 aliphatic carbocycles. The highest BCUT2D eigenvalue weighted by Crippen LogP contribution is 2.29. The largest absolute Gasteiger partial charge is 0.495 e. The number of carbonyl (C=O) groups is 1. The van der Waals surface area contributed by atoms with Crippen LogP contribution in [0.15, 0.2) is 12.1 Å². The maximum atomic E-state index is 10.5. The maximum absolute atomic E-state index is 10.5. The summed E-state index contributed by atoms with van der Waals surface area (Å²) in [6.07, 6.45) is -0.200. The summed E-state index contributed by atoms with van der Waals surface area (Å²) in [5.74, 6) is -0.535. The van der Waals surface area contributed by atoms with E-state index in [0.717, 1.165) is 0 Å². The number of methoxy groups -OCH3 is 1. The van der Waals surface area contributed by atoms with Crippen LogP contribution in [-0.4, -0.2) is 18.2 Å². The molecule has 0 heterocycles. The molecule has 0 aliphatic rings. The molecular weight excluding hydrogens is 184 g/mol. The van der Waals surface area contributed by atoms with E-state index in [4.69, 9.17) is 21.3 Å². The fourth-order valence-electron chi connectivity index (χ4n) is 1.19. The Bertz CT molecular complexity index is 363. The first-order valence-corrected chi connectivity index (χ1v) is 3.99. The molecule has 0 bridgehead atoms. The first-order valence-electron chi connectivity index (χ1n) is 3.99. The Balaban J connectivity index is 3.18. The quantitative estimate of drug-likeness (QED) is 0.611. The van der Waals surface area contributed by atoms with E-state index in [0.29, 0.717) is 17.0 Å². The van der Waals surface area contributed by atoms with E-state index >= 15 is 0 Å². The summed E-state index contributed by atoms with van der Waals surface area (Å²) >= 11 is 0. The Hall–Kier alpha value is -1.91. The Morgan fingerprint density at radius 3 is 2.64 bits per heavy atom. The van der Waals surface area contributed by atoms with Crippen LogP contribution in [0.4, 0.5) is 11.4 Å². The Kier molecular flexibility index (Phi) is 2.81. The fraction of sp³-hybridized carbons (Fsp3) is 0.222. The molecule has 0 aliphatic heterocycles. The molecule has 14 heavy (non-hydrogen) atoms. The number of nitrogen functional groups attached to an aromatic ring is 2. The lowest BCUT2D eigenvalue weighted by atomic mass is 10.1. The van der Waals surface area contributed by atoms with Gasteiger partial charge in [0.05, 0.1) is 19.2 Å². The molecular formula is C9H12N2O3. The molecule has 1 aromatic carbocycles. The van der Waals surface area contributed by atoms with Gasteiger partial charge in [-0.2, -0.15) is 0 Å². The van der Waals surface area contributed by atoms with E-state index in [1.165, 1.54) is 7.11 Å². The van der Waals surface area contributed by atoms with Gasteiger partial charge in [-0.05, 0) is 12.1 Å². The average Bonchev–Trinajstić information content (AvgIpc) is 2.12. The number of hydrogen-bond donors (Lipinski definition) is 3. The third-order valence-corrected chi connectivity index (χ3v) is 1.90. The number of ether oxygens (including phenoxy) is 1. The van der Waals surface area contributed by atoms with Crippen LogP contribution in [0.5, 0.6) is 5.75 Å². The van der Waals surface area contributed by atoms with Gasteiger partial charge in [0.25, 0.3) is 0 Å². The van der Waals surface area contributed by atoms with E-state index < -0.39 is 5.97 Å². The summed E-state index contributed by atoms with van der Waals surface area (Å²) in [5, 5.41) is 8.63. The summed E-state index contributed by atoms with van der Waals surface area (Å²) in [6, 6.07) is 3.18. The first-order chi connectivity index (χ1) is 6.56. The minimum Gasteiger partial charge on any atom is -0.495 e. The van der Waals surface area contributed by atoms with E-state index in [2.05, 4.69) is 0 Å². The molecule has 0 fully saturated rings. The number of benzene rings is 1. The van der Waals surface area contributed by atoms with Crippen LogP contribution in [0.25, 0.3) is 0 Å². The van der Waals surface area contributed by atoms with Gasteiger partial charge in [-0.25, -0.2) is 0 Å². The number of carboxylic acids is 1. The molecule has 0 amide bonds. The Morgan fingerprint density at radius 2 is 2.14 bits per heavy atom. The summed E-state index contributed by atoms with van der Waals surface area (Å²) in [7, 11) is 1.46. The maximum Gasteiger partial charge on any atom is 0.307 e. The molecule has 0 unspecified atom stereocenters. The number of hydrogen-bond acceptors (Lipinski definition) is 4. The van der Waals surface area contributed by atoms with Crippen LogP contribution < -0.4 is 16.2 Å². The summed E-state index contributed by atoms with van der Waals surface area (Å²) in [4.78, 5) is 10.5. The van der Waals surface area contributed by atoms with Crippen molar-refractivity contribution in [2.45, 2.75) is 6.42 Å². The van der Waals surface area contributed by atoms with Gasteiger partial charge in [0.2, 0.25) is 0 Å². The van der Waals surface area contributed by atoms with Crippen molar-refractivity contribution in [3.8, 4) is 5.75 Å². The predicted octanol–water partition coefficient (Wildman–Crippen LogP) is 0.487. The van der Waals surface area contributed by atoms with Crippen molar-refractivity contribution >= 4 is 17.3 Å². The lowest BCUT2D eigenvalue weighted by molar-refractivity contribution is -0.136. The number of nitrogens with two attached hydrogens (primary N) is 2. The smallest absolute Gasteiger partial charge is 0.307 e. The van der Waals surface area contributed by atoms with Crippen molar-refractivity contribution in [1.82, 2.24) is 0 Å². The zero-order chi connectivity index (χ0) is 10.7. The molecule has 0 atom stereocenters. The van der Waals surface area contributed by atoms with Crippen LogP contribution in [0.1, 0.15) is 5.56 Å². The van der Waals surface area contributed by atoms with Gasteiger partial charge < -0.3 is 21.3 Å². The van der Waals surface area contributed by atoms with Gasteiger partial charge in [-0.15, -0.1) is 0 Å². The Labute approximate surface area is 81.3 Å². The zero-order valence-corrected chi connectivity index (χ0v) is 7.78. The average molecular weight is 196 g/mol. The standard InChI is InChI=1S/C9H12N2O3/c1-14-7-3-2-6(10)5(9(7)11)4-8(12)13/h2-3H,4,10-11H2,1H3,(H,12,13). The van der Waals surface area contributed by atoms with Crippen molar-refractivity contribution < 1.29 is 14.6 Å². The van der Waals surface area contributed by atoms with Gasteiger partial charge in [0.15, 0.2) is 0 Å². The predicted molar refractivity (Wildman–Crippen MR) is 53.2 cm³/mol. The molecule has 1 aromatic rings. The first kappa shape index (κ1) is 10.2. The van der Waals surface area contributed by atoms with Gasteiger partial charge in [0, 0.05) is 11.3 Å². The zero-order valence-electron chi connectivity index (χ0n) is 7.78. The van der Waals surface area contributed by atoms with Crippen molar-refractivity contribution in [3.05, 3.63) is 17.7 Å². The van der Waals surface area contributed by atoms with Gasteiger partial charge in [-0.1, -0.05) is 0 Å². The number of aliphatic carboxylic acids is 1. The molecule has 5 heteroatoms. The third kappa shape index (κ3) is 1.87. The topological polar surface area (TPSA) is 98.6 Å². The number of carboxylic acid groups (broad SMARTS) is 1. The van der Waals surface area contributed by atoms with Crippen LogP contribution in [0, 0.1) is 0 Å². The molecule has 5 N–H and O–H groups in total. The number of rotatable bonds is 3. The van der Waals surface area contributed by atoms with Crippen molar-refractivity contribution in [1.29, 1.82) is 0 Å². The van der Waals surface area contributed by atoms with Crippen molar-refractivity contribution in [2.24, 2.45) is 0 Å². The second-order valence-corrected chi connectivity index (χ2v) is 2.82. The SMILES string of the molecule is COc1ccc(N)c(CC(=O)O)c1N. The monoisotopic (exact) mass is 196 g/mol. The Morgan fingerprint density at radius 1 is 1.50 bits per heavy atom. The molecule has 5 nitrogen and oxygen atoms in total. The molecule has 0 aromatic heterocycles. The van der Waals surface area contributed by atoms with Crippen LogP contribution in [0.3, 0.4) is 0 Å². The van der Waals surface area contributed by atoms with Crippen LogP contribution in [-0.2, 0) is 11.2 Å². The number of anilines is 2. The van der Waals surface area contributed by atoms with E-state index in [1.807, 2.05) is 0 Å². The molecule has 0 spiro atoms. The molecule has 1 rings (SSSR count). The van der Waals surface area contributed by atoms with Gasteiger partial charge in [0.1, 0.15) is 5.75 Å². The lowest BCUT2D eigenvalue weighted by Gasteiger charge is -2.10. The van der Waals surface area contributed by atoms with Gasteiger partial charge in [-0.3, -0.25) is 4.79 Å². The normalized spacial score (nSPS) is 9.79. The van der Waals surface area contributed by atoms with E-state index in [-0.39, 0.29) is 12.1 Å². The lowest BCUT2D eigenvalue weighted by Crippen LogP contribution is -2.08. The second kappa shape index (κ2) is 3.87. The van der Waals surface area contributed by atoms with Crippen molar-refractivity contribution in [2.75, 3.05) is 18.6 Å². The minimum absolute atomic E-state index is 0.200. The van der Waals surface area contributed by atoms with E-state index in [9.17, 15) is 4.79 Å². The highest BCUT2D eigenvalue weighted by atomic mass is 16.5. The third-order valence-electron chi connectivity index (χ3n) is 1.90. The van der Waals surface area contributed by atoms with Gasteiger partial charge >= 0.3 is 5.97 Å². The highest BCUT2D eigenvalue weighted by Gasteiger charge is 2.12. The summed E-state index contributed by atoms with van der Waals surface area (Å²) < 4.78 is 4.95.